The third-order valence-electron chi connectivity index (χ3n) is 2.05. The van der Waals surface area contributed by atoms with Gasteiger partial charge in [-0.1, -0.05) is 13.8 Å². The summed E-state index contributed by atoms with van der Waals surface area (Å²) in [5, 5.41) is 0. The van der Waals surface area contributed by atoms with Gasteiger partial charge in [-0.3, -0.25) is 4.98 Å². The van der Waals surface area contributed by atoms with Gasteiger partial charge in [-0.15, -0.1) is 0 Å². The fourth-order valence-corrected chi connectivity index (χ4v) is 1.28. The molecule has 70 valence electrons. The SMILES string of the molecule is CC.Cc1[nH]c2cccnc2c1C. The van der Waals surface area contributed by atoms with Crippen LogP contribution in [0, 0.1) is 13.8 Å². The molecule has 2 heterocycles. The lowest BCUT2D eigenvalue weighted by molar-refractivity contribution is 1.25. The Morgan fingerprint density at radius 2 is 1.92 bits per heavy atom. The third-order valence-corrected chi connectivity index (χ3v) is 2.05. The van der Waals surface area contributed by atoms with Gasteiger partial charge in [0.2, 0.25) is 0 Å². The smallest absolute Gasteiger partial charge is 0.0910 e. The standard InChI is InChI=1S/C9H10N2.C2H6/c1-6-7(2)11-8-4-3-5-10-9(6)8;1-2/h3-5,11H,1-2H3;1-2H3. The second-order valence-electron chi connectivity index (χ2n) is 2.77. The number of nitrogens with one attached hydrogen (secondary N) is 1. The van der Waals surface area contributed by atoms with Crippen molar-refractivity contribution in [2.45, 2.75) is 27.7 Å². The highest BCUT2D eigenvalue weighted by atomic mass is 14.8. The van der Waals surface area contributed by atoms with Crippen molar-refractivity contribution in [3.8, 4) is 0 Å². The van der Waals surface area contributed by atoms with Crippen molar-refractivity contribution in [2.24, 2.45) is 0 Å². The van der Waals surface area contributed by atoms with E-state index in [0.29, 0.717) is 0 Å². The summed E-state index contributed by atoms with van der Waals surface area (Å²) in [6.45, 7) is 8.15. The lowest BCUT2D eigenvalue weighted by atomic mass is 10.2. The predicted molar refractivity (Wildman–Crippen MR) is 56.9 cm³/mol. The van der Waals surface area contributed by atoms with Crippen molar-refractivity contribution < 1.29 is 0 Å². The quantitative estimate of drug-likeness (QED) is 0.656. The summed E-state index contributed by atoms with van der Waals surface area (Å²) < 4.78 is 0. The molecule has 0 saturated carbocycles. The maximum Gasteiger partial charge on any atom is 0.0910 e. The van der Waals surface area contributed by atoms with Crippen LogP contribution in [0.2, 0.25) is 0 Å². The molecular formula is C11H16N2. The number of fused-ring (bicyclic) bond motifs is 1. The number of aromatic nitrogens is 2. The summed E-state index contributed by atoms with van der Waals surface area (Å²) >= 11 is 0. The normalized spacial score (nSPS) is 9.54. The Bertz CT molecular complexity index is 388. The summed E-state index contributed by atoms with van der Waals surface area (Å²) in [7, 11) is 0. The Kier molecular flexibility index (Phi) is 3.07. The van der Waals surface area contributed by atoms with E-state index in [2.05, 4.69) is 23.8 Å². The van der Waals surface area contributed by atoms with Crippen LogP contribution in [-0.4, -0.2) is 9.97 Å². The topological polar surface area (TPSA) is 28.7 Å². The van der Waals surface area contributed by atoms with E-state index in [4.69, 9.17) is 0 Å². The molecule has 2 aromatic rings. The summed E-state index contributed by atoms with van der Waals surface area (Å²) in [6.07, 6.45) is 1.82. The number of hydrogen-bond acceptors (Lipinski definition) is 1. The number of H-pyrrole nitrogens is 1. The summed E-state index contributed by atoms with van der Waals surface area (Å²) in [6, 6.07) is 3.99. The highest BCUT2D eigenvalue weighted by Gasteiger charge is 2.02. The Morgan fingerprint density at radius 1 is 1.23 bits per heavy atom. The summed E-state index contributed by atoms with van der Waals surface area (Å²) in [5.74, 6) is 0. The molecule has 0 bridgehead atoms. The van der Waals surface area contributed by atoms with E-state index in [0.717, 1.165) is 11.0 Å². The van der Waals surface area contributed by atoms with Gasteiger partial charge >= 0.3 is 0 Å². The maximum atomic E-state index is 4.27. The van der Waals surface area contributed by atoms with Crippen molar-refractivity contribution in [3.63, 3.8) is 0 Å². The Labute approximate surface area is 79.0 Å². The van der Waals surface area contributed by atoms with E-state index in [1.807, 2.05) is 32.2 Å². The van der Waals surface area contributed by atoms with Gasteiger partial charge in [0.05, 0.1) is 11.0 Å². The average Bonchev–Trinajstić information content (AvgIpc) is 2.47. The lowest BCUT2D eigenvalue weighted by Crippen LogP contribution is -1.74. The number of pyridine rings is 1. The van der Waals surface area contributed by atoms with Gasteiger partial charge in [-0.25, -0.2) is 0 Å². The highest BCUT2D eigenvalue weighted by Crippen LogP contribution is 2.17. The molecule has 2 nitrogen and oxygen atoms in total. The third kappa shape index (κ3) is 1.72. The van der Waals surface area contributed by atoms with Crippen molar-refractivity contribution >= 4 is 11.0 Å². The van der Waals surface area contributed by atoms with Crippen LogP contribution in [-0.2, 0) is 0 Å². The van der Waals surface area contributed by atoms with E-state index in [-0.39, 0.29) is 0 Å². The number of aromatic amines is 1. The lowest BCUT2D eigenvalue weighted by Gasteiger charge is -1.87. The van der Waals surface area contributed by atoms with E-state index in [9.17, 15) is 0 Å². The zero-order valence-electron chi connectivity index (χ0n) is 8.68. The molecule has 0 fully saturated rings. The van der Waals surface area contributed by atoms with Gasteiger partial charge in [-0.2, -0.15) is 0 Å². The zero-order chi connectivity index (χ0) is 9.84. The molecule has 1 N–H and O–H groups in total. The van der Waals surface area contributed by atoms with Gasteiger partial charge in [0.1, 0.15) is 0 Å². The molecule has 2 heteroatoms. The fourth-order valence-electron chi connectivity index (χ4n) is 1.28. The van der Waals surface area contributed by atoms with Crippen molar-refractivity contribution in [1.82, 2.24) is 9.97 Å². The molecule has 13 heavy (non-hydrogen) atoms. The molecule has 0 aromatic carbocycles. The Hall–Kier alpha value is -1.31. The molecule has 0 aliphatic rings. The van der Waals surface area contributed by atoms with Gasteiger partial charge in [0.25, 0.3) is 0 Å². The summed E-state index contributed by atoms with van der Waals surface area (Å²) in [5.41, 5.74) is 4.67. The van der Waals surface area contributed by atoms with Crippen molar-refractivity contribution in [1.29, 1.82) is 0 Å². The first-order valence-electron chi connectivity index (χ1n) is 4.69. The molecule has 2 aromatic heterocycles. The number of aryl methyl sites for hydroxylation is 2. The molecule has 0 atom stereocenters. The van der Waals surface area contributed by atoms with Crippen LogP contribution in [0.1, 0.15) is 25.1 Å². The molecular weight excluding hydrogens is 160 g/mol. The van der Waals surface area contributed by atoms with Crippen molar-refractivity contribution in [3.05, 3.63) is 29.6 Å². The largest absolute Gasteiger partial charge is 0.357 e. The van der Waals surface area contributed by atoms with Gasteiger partial charge < -0.3 is 4.98 Å². The molecule has 0 amide bonds. The highest BCUT2D eigenvalue weighted by molar-refractivity contribution is 5.79. The number of nitrogens with zero attached hydrogens (tertiary/aromatic N) is 1. The first kappa shape index (κ1) is 9.78. The summed E-state index contributed by atoms with van der Waals surface area (Å²) in [4.78, 5) is 7.53. The second kappa shape index (κ2) is 4.08. The molecule has 0 saturated heterocycles. The minimum absolute atomic E-state index is 1.09. The maximum absolute atomic E-state index is 4.27. The van der Waals surface area contributed by atoms with Crippen LogP contribution < -0.4 is 0 Å². The van der Waals surface area contributed by atoms with Gasteiger partial charge in [0, 0.05) is 11.9 Å². The van der Waals surface area contributed by atoms with Crippen molar-refractivity contribution in [2.75, 3.05) is 0 Å². The Balaban J connectivity index is 0.000000396. The minimum atomic E-state index is 1.09. The molecule has 0 unspecified atom stereocenters. The monoisotopic (exact) mass is 176 g/mol. The molecule has 0 spiro atoms. The van der Waals surface area contributed by atoms with Crippen LogP contribution in [0.5, 0.6) is 0 Å². The number of hydrogen-bond donors (Lipinski definition) is 1. The molecule has 2 rings (SSSR count). The van der Waals surface area contributed by atoms with Crippen LogP contribution in [0.15, 0.2) is 18.3 Å². The van der Waals surface area contributed by atoms with Crippen LogP contribution in [0.4, 0.5) is 0 Å². The fraction of sp³-hybridized carbons (Fsp3) is 0.364. The van der Waals surface area contributed by atoms with E-state index in [1.165, 1.54) is 11.3 Å². The van der Waals surface area contributed by atoms with Crippen LogP contribution >= 0.6 is 0 Å². The minimum Gasteiger partial charge on any atom is -0.357 e. The van der Waals surface area contributed by atoms with E-state index < -0.39 is 0 Å². The number of rotatable bonds is 0. The Morgan fingerprint density at radius 3 is 2.54 bits per heavy atom. The molecule has 0 aliphatic heterocycles. The molecule has 0 radical (unpaired) electrons. The average molecular weight is 176 g/mol. The first-order chi connectivity index (χ1) is 6.29. The second-order valence-corrected chi connectivity index (χ2v) is 2.77. The van der Waals surface area contributed by atoms with Crippen LogP contribution in [0.3, 0.4) is 0 Å². The van der Waals surface area contributed by atoms with E-state index in [1.54, 1.807) is 0 Å². The first-order valence-corrected chi connectivity index (χ1v) is 4.69. The molecule has 0 aliphatic carbocycles. The van der Waals surface area contributed by atoms with Gasteiger partial charge in [-0.05, 0) is 31.5 Å². The van der Waals surface area contributed by atoms with Gasteiger partial charge in [0.15, 0.2) is 0 Å². The van der Waals surface area contributed by atoms with Crippen LogP contribution in [0.25, 0.3) is 11.0 Å². The van der Waals surface area contributed by atoms with E-state index >= 15 is 0 Å². The zero-order valence-corrected chi connectivity index (χ0v) is 8.68. The predicted octanol–water partition coefficient (Wildman–Crippen LogP) is 3.21.